The quantitative estimate of drug-likeness (QED) is 0.786. The summed E-state index contributed by atoms with van der Waals surface area (Å²) in [6.07, 6.45) is 5.68. The predicted octanol–water partition coefficient (Wildman–Crippen LogP) is 4.74. The number of rotatable bonds is 5. The predicted molar refractivity (Wildman–Crippen MR) is 90.3 cm³/mol. The fourth-order valence-electron chi connectivity index (χ4n) is 3.52. The lowest BCUT2D eigenvalue weighted by molar-refractivity contribution is -0.109. The normalized spacial score (nSPS) is 22.5. The Bertz CT molecular complexity index is 512. The number of ether oxygens (including phenoxy) is 1. The monoisotopic (exact) mass is 306 g/mol. The maximum Gasteiger partial charge on any atom is 0.186 e. The van der Waals surface area contributed by atoms with Crippen LogP contribution in [0.1, 0.15) is 57.6 Å². The lowest BCUT2D eigenvalue weighted by Crippen LogP contribution is -2.38. The Morgan fingerprint density at radius 2 is 2.24 bits per heavy atom. The molecule has 1 aliphatic carbocycles. The number of hydrogen-bond acceptors (Lipinski definition) is 3. The van der Waals surface area contributed by atoms with E-state index in [2.05, 4.69) is 32.0 Å². The van der Waals surface area contributed by atoms with Crippen LogP contribution in [-0.4, -0.2) is 17.5 Å². The lowest BCUT2D eigenvalue weighted by atomic mass is 9.68. The van der Waals surface area contributed by atoms with Gasteiger partial charge in [0.05, 0.1) is 7.11 Å². The fraction of sp³-hybridized carbons (Fsp3) is 0.611. The maximum atomic E-state index is 11.7. The molecule has 2 atom stereocenters. The van der Waals surface area contributed by atoms with Crippen LogP contribution in [0.3, 0.4) is 0 Å². The van der Waals surface area contributed by atoms with Gasteiger partial charge in [-0.1, -0.05) is 38.1 Å². The van der Waals surface area contributed by atoms with E-state index < -0.39 is 0 Å². The van der Waals surface area contributed by atoms with E-state index in [1.165, 1.54) is 29.3 Å². The maximum absolute atomic E-state index is 11.7. The van der Waals surface area contributed by atoms with Gasteiger partial charge in [-0.3, -0.25) is 4.79 Å². The summed E-state index contributed by atoms with van der Waals surface area (Å²) >= 11 is 1.53. The molecule has 3 heteroatoms. The number of thioether (sulfide) groups is 1. The van der Waals surface area contributed by atoms with Gasteiger partial charge in [0.1, 0.15) is 5.75 Å². The van der Waals surface area contributed by atoms with Gasteiger partial charge in [-0.25, -0.2) is 0 Å². The molecule has 0 saturated heterocycles. The van der Waals surface area contributed by atoms with E-state index in [-0.39, 0.29) is 10.5 Å². The molecule has 0 aromatic heterocycles. The third-order valence-corrected chi connectivity index (χ3v) is 6.02. The first-order valence-corrected chi connectivity index (χ1v) is 8.74. The van der Waals surface area contributed by atoms with Crippen molar-refractivity contribution >= 4 is 16.9 Å². The number of hydrogen-bond donors (Lipinski definition) is 0. The molecular weight excluding hydrogens is 280 g/mol. The second kappa shape index (κ2) is 6.87. The molecule has 116 valence electrons. The molecule has 1 aromatic carbocycles. The molecule has 0 saturated carbocycles. The van der Waals surface area contributed by atoms with Gasteiger partial charge in [-0.05, 0) is 48.9 Å². The molecule has 2 unspecified atom stereocenters. The summed E-state index contributed by atoms with van der Waals surface area (Å²) in [5.74, 6) is 0.921. The van der Waals surface area contributed by atoms with Gasteiger partial charge in [0, 0.05) is 17.6 Å². The van der Waals surface area contributed by atoms with Crippen LogP contribution in [0, 0.1) is 0 Å². The summed E-state index contributed by atoms with van der Waals surface area (Å²) in [7, 11) is 1.72. The SMILES string of the molecule is CCCC(SC(C)=O)C1(C)CCCc2ccc(OC)cc21. The summed E-state index contributed by atoms with van der Waals surface area (Å²) in [5.41, 5.74) is 2.88. The summed E-state index contributed by atoms with van der Waals surface area (Å²) in [4.78, 5) is 11.7. The fourth-order valence-corrected chi connectivity index (χ4v) is 4.78. The second-order valence-electron chi connectivity index (χ2n) is 6.18. The van der Waals surface area contributed by atoms with E-state index in [1.807, 2.05) is 0 Å². The van der Waals surface area contributed by atoms with Crippen molar-refractivity contribution in [1.82, 2.24) is 0 Å². The van der Waals surface area contributed by atoms with Crippen molar-refractivity contribution in [3.05, 3.63) is 29.3 Å². The molecule has 2 nitrogen and oxygen atoms in total. The van der Waals surface area contributed by atoms with Gasteiger partial charge < -0.3 is 4.74 Å². The van der Waals surface area contributed by atoms with Crippen molar-refractivity contribution in [3.63, 3.8) is 0 Å². The van der Waals surface area contributed by atoms with Crippen molar-refractivity contribution in [1.29, 1.82) is 0 Å². The molecule has 2 rings (SSSR count). The molecule has 1 aliphatic rings. The minimum Gasteiger partial charge on any atom is -0.497 e. The molecule has 21 heavy (non-hydrogen) atoms. The van der Waals surface area contributed by atoms with Crippen molar-refractivity contribution in [3.8, 4) is 5.75 Å². The molecule has 0 spiro atoms. The average Bonchev–Trinajstić information content (AvgIpc) is 2.46. The summed E-state index contributed by atoms with van der Waals surface area (Å²) in [5, 5.41) is 0.579. The highest BCUT2D eigenvalue weighted by Gasteiger charge is 2.40. The van der Waals surface area contributed by atoms with Crippen molar-refractivity contribution in [2.75, 3.05) is 7.11 Å². The first-order chi connectivity index (χ1) is 10.0. The molecule has 0 heterocycles. The summed E-state index contributed by atoms with van der Waals surface area (Å²) in [6.45, 7) is 6.22. The molecular formula is C18H26O2S. The minimum absolute atomic E-state index is 0.0640. The standard InChI is InChI=1S/C18H26O2S/c1-5-7-17(21-13(2)19)18(3)11-6-8-14-9-10-15(20-4)12-16(14)18/h9-10,12,17H,5-8,11H2,1-4H3. The Kier molecular flexibility index (Phi) is 5.37. The van der Waals surface area contributed by atoms with Crippen molar-refractivity contribution in [2.45, 2.75) is 63.5 Å². The van der Waals surface area contributed by atoms with Gasteiger partial charge in [0.25, 0.3) is 0 Å². The van der Waals surface area contributed by atoms with E-state index in [4.69, 9.17) is 4.74 Å². The third kappa shape index (κ3) is 3.45. The summed E-state index contributed by atoms with van der Waals surface area (Å²) < 4.78 is 5.42. The van der Waals surface area contributed by atoms with Gasteiger partial charge in [0.2, 0.25) is 0 Å². The Labute approximate surface area is 132 Å². The van der Waals surface area contributed by atoms with Crippen molar-refractivity contribution < 1.29 is 9.53 Å². The van der Waals surface area contributed by atoms with E-state index >= 15 is 0 Å². The zero-order chi connectivity index (χ0) is 15.5. The van der Waals surface area contributed by atoms with Crippen LogP contribution in [0.25, 0.3) is 0 Å². The molecule has 0 radical (unpaired) electrons. The topological polar surface area (TPSA) is 26.3 Å². The zero-order valence-electron chi connectivity index (χ0n) is 13.6. The highest BCUT2D eigenvalue weighted by molar-refractivity contribution is 8.14. The third-order valence-electron chi connectivity index (χ3n) is 4.64. The van der Waals surface area contributed by atoms with Crippen molar-refractivity contribution in [2.24, 2.45) is 0 Å². The molecule has 0 amide bonds. The molecule has 0 aliphatic heterocycles. The average molecular weight is 306 g/mol. The van der Waals surface area contributed by atoms with Crippen LogP contribution in [0.5, 0.6) is 5.75 Å². The zero-order valence-corrected chi connectivity index (χ0v) is 14.4. The van der Waals surface area contributed by atoms with Gasteiger partial charge >= 0.3 is 0 Å². The largest absolute Gasteiger partial charge is 0.497 e. The number of fused-ring (bicyclic) bond motifs is 1. The van der Waals surface area contributed by atoms with E-state index in [0.717, 1.165) is 31.4 Å². The van der Waals surface area contributed by atoms with Gasteiger partial charge in [-0.15, -0.1) is 0 Å². The smallest absolute Gasteiger partial charge is 0.186 e. The van der Waals surface area contributed by atoms with E-state index in [9.17, 15) is 4.79 Å². The Morgan fingerprint density at radius 1 is 1.48 bits per heavy atom. The minimum atomic E-state index is 0.0640. The van der Waals surface area contributed by atoms with Crippen LogP contribution in [0.2, 0.25) is 0 Å². The molecule has 0 N–H and O–H groups in total. The molecule has 0 bridgehead atoms. The molecule has 0 fully saturated rings. The van der Waals surface area contributed by atoms with Crippen LogP contribution in [0.4, 0.5) is 0 Å². The van der Waals surface area contributed by atoms with Gasteiger partial charge in [0.15, 0.2) is 5.12 Å². The highest BCUT2D eigenvalue weighted by atomic mass is 32.2. The van der Waals surface area contributed by atoms with Crippen LogP contribution < -0.4 is 4.74 Å². The first kappa shape index (κ1) is 16.4. The summed E-state index contributed by atoms with van der Waals surface area (Å²) in [6, 6.07) is 6.45. The first-order valence-electron chi connectivity index (χ1n) is 7.86. The lowest BCUT2D eigenvalue weighted by Gasteiger charge is -2.42. The van der Waals surface area contributed by atoms with E-state index in [1.54, 1.807) is 14.0 Å². The number of carbonyl (C=O) groups excluding carboxylic acids is 1. The Morgan fingerprint density at radius 3 is 2.86 bits per heavy atom. The Hall–Kier alpha value is -0.960. The second-order valence-corrected chi connectivity index (χ2v) is 7.56. The highest BCUT2D eigenvalue weighted by Crippen LogP contribution is 2.46. The number of methoxy groups -OCH3 is 1. The number of benzene rings is 1. The Balaban J connectivity index is 2.43. The number of carbonyl (C=O) groups is 1. The van der Waals surface area contributed by atoms with E-state index in [0.29, 0.717) is 5.25 Å². The van der Waals surface area contributed by atoms with Crippen LogP contribution in [-0.2, 0) is 16.6 Å². The van der Waals surface area contributed by atoms with Gasteiger partial charge in [-0.2, -0.15) is 0 Å². The molecule has 1 aromatic rings. The number of aryl methyl sites for hydroxylation is 1. The van der Waals surface area contributed by atoms with Crippen LogP contribution in [0.15, 0.2) is 18.2 Å². The van der Waals surface area contributed by atoms with Crippen LogP contribution >= 0.6 is 11.8 Å².